The number of rotatable bonds is 7. The van der Waals surface area contributed by atoms with Crippen molar-refractivity contribution in [1.82, 2.24) is 9.62 Å². The van der Waals surface area contributed by atoms with E-state index in [2.05, 4.69) is 5.32 Å². The molecular weight excluding hydrogens is 302 g/mol. The second kappa shape index (κ2) is 7.92. The average molecular weight is 323 g/mol. The highest BCUT2D eigenvalue weighted by Gasteiger charge is 2.21. The van der Waals surface area contributed by atoms with E-state index < -0.39 is 10.0 Å². The molecule has 0 aliphatic heterocycles. The first-order chi connectivity index (χ1) is 10.4. The molecule has 0 saturated heterocycles. The molecule has 0 radical (unpaired) electrons. The fourth-order valence-corrected chi connectivity index (χ4v) is 3.55. The van der Waals surface area contributed by atoms with Gasteiger partial charge in [0.15, 0.2) is 0 Å². The Morgan fingerprint density at radius 1 is 1.27 bits per heavy atom. The van der Waals surface area contributed by atoms with Crippen molar-refractivity contribution in [2.75, 3.05) is 13.1 Å². The van der Waals surface area contributed by atoms with Crippen LogP contribution in [0.1, 0.15) is 38.8 Å². The number of nitrogens with zero attached hydrogens (tertiary/aromatic N) is 2. The van der Waals surface area contributed by atoms with Gasteiger partial charge in [0.25, 0.3) is 0 Å². The number of nitrogens with one attached hydrogen (secondary N) is 1. The fraction of sp³-hybridized carbons (Fsp3) is 0.467. The molecule has 0 aliphatic rings. The van der Waals surface area contributed by atoms with Crippen molar-refractivity contribution in [3.8, 4) is 6.07 Å². The van der Waals surface area contributed by atoms with Crippen molar-refractivity contribution in [1.29, 1.82) is 5.26 Å². The van der Waals surface area contributed by atoms with Gasteiger partial charge in [-0.25, -0.2) is 8.42 Å². The van der Waals surface area contributed by atoms with Gasteiger partial charge in [0.2, 0.25) is 15.9 Å². The number of benzene rings is 1. The van der Waals surface area contributed by atoms with E-state index >= 15 is 0 Å². The molecule has 1 aromatic rings. The predicted molar refractivity (Wildman–Crippen MR) is 83.3 cm³/mol. The van der Waals surface area contributed by atoms with Gasteiger partial charge in [-0.05, 0) is 24.6 Å². The van der Waals surface area contributed by atoms with E-state index in [1.54, 1.807) is 39.0 Å². The standard InChI is InChI=1S/C15H21N3O3S/c1-4-18(5-2)22(20,21)14-8-6-13(7-9-14)12(3)17-15(19)10-11-16/h6-9,12H,4-5,10H2,1-3H3,(H,17,19)/t12-/m0/s1. The van der Waals surface area contributed by atoms with Crippen molar-refractivity contribution in [3.05, 3.63) is 29.8 Å². The van der Waals surface area contributed by atoms with Crippen LogP contribution in [0.3, 0.4) is 0 Å². The van der Waals surface area contributed by atoms with E-state index in [4.69, 9.17) is 5.26 Å². The Labute approximate surface area is 131 Å². The zero-order valence-electron chi connectivity index (χ0n) is 13.0. The van der Waals surface area contributed by atoms with Crippen LogP contribution in [0.25, 0.3) is 0 Å². The van der Waals surface area contributed by atoms with Crippen LogP contribution in [-0.4, -0.2) is 31.7 Å². The van der Waals surface area contributed by atoms with Gasteiger partial charge in [0, 0.05) is 13.1 Å². The minimum atomic E-state index is -3.47. The Kier molecular flexibility index (Phi) is 6.53. The molecule has 120 valence electrons. The van der Waals surface area contributed by atoms with E-state index in [1.807, 2.05) is 0 Å². The third-order valence-electron chi connectivity index (χ3n) is 3.34. The molecule has 22 heavy (non-hydrogen) atoms. The van der Waals surface area contributed by atoms with Crippen LogP contribution in [0.15, 0.2) is 29.2 Å². The Morgan fingerprint density at radius 2 is 1.82 bits per heavy atom. The highest BCUT2D eigenvalue weighted by molar-refractivity contribution is 7.89. The first-order valence-corrected chi connectivity index (χ1v) is 8.57. The third kappa shape index (κ3) is 4.29. The number of hydrogen-bond donors (Lipinski definition) is 1. The first-order valence-electron chi connectivity index (χ1n) is 7.13. The molecular formula is C15H21N3O3S. The SMILES string of the molecule is CCN(CC)S(=O)(=O)c1ccc([C@H](C)NC(=O)CC#N)cc1. The summed E-state index contributed by atoms with van der Waals surface area (Å²) in [6.45, 7) is 6.20. The molecule has 7 heteroatoms. The lowest BCUT2D eigenvalue weighted by atomic mass is 10.1. The number of carbonyl (C=O) groups is 1. The van der Waals surface area contributed by atoms with Gasteiger partial charge in [-0.2, -0.15) is 9.57 Å². The largest absolute Gasteiger partial charge is 0.349 e. The highest BCUT2D eigenvalue weighted by Crippen LogP contribution is 2.19. The molecule has 1 aromatic carbocycles. The molecule has 1 N–H and O–H groups in total. The van der Waals surface area contributed by atoms with Crippen LogP contribution >= 0.6 is 0 Å². The highest BCUT2D eigenvalue weighted by atomic mass is 32.2. The molecule has 0 heterocycles. The quantitative estimate of drug-likeness (QED) is 0.828. The monoisotopic (exact) mass is 323 g/mol. The molecule has 0 fully saturated rings. The van der Waals surface area contributed by atoms with E-state index in [1.165, 1.54) is 16.4 Å². The molecule has 0 bridgehead atoms. The van der Waals surface area contributed by atoms with Crippen molar-refractivity contribution >= 4 is 15.9 Å². The number of nitriles is 1. The van der Waals surface area contributed by atoms with Gasteiger partial charge in [-0.15, -0.1) is 0 Å². The molecule has 0 spiro atoms. The maximum atomic E-state index is 12.4. The summed E-state index contributed by atoms with van der Waals surface area (Å²) >= 11 is 0. The summed E-state index contributed by atoms with van der Waals surface area (Å²) < 4.78 is 26.1. The molecule has 1 rings (SSSR count). The van der Waals surface area contributed by atoms with E-state index in [0.717, 1.165) is 5.56 Å². The zero-order chi connectivity index (χ0) is 16.8. The predicted octanol–water partition coefficient (Wildman–Crippen LogP) is 1.81. The van der Waals surface area contributed by atoms with Crippen LogP contribution in [0.2, 0.25) is 0 Å². The summed E-state index contributed by atoms with van der Waals surface area (Å²) in [6, 6.07) is 7.92. The van der Waals surface area contributed by atoms with Gasteiger partial charge in [-0.3, -0.25) is 4.79 Å². The normalized spacial score (nSPS) is 12.7. The van der Waals surface area contributed by atoms with Crippen molar-refractivity contribution in [3.63, 3.8) is 0 Å². The molecule has 1 amide bonds. The van der Waals surface area contributed by atoms with Gasteiger partial charge in [-0.1, -0.05) is 26.0 Å². The van der Waals surface area contributed by atoms with Crippen LogP contribution in [-0.2, 0) is 14.8 Å². The first kappa shape index (κ1) is 18.1. The minimum Gasteiger partial charge on any atom is -0.349 e. The maximum Gasteiger partial charge on any atom is 0.243 e. The van der Waals surface area contributed by atoms with Crippen LogP contribution in [0.4, 0.5) is 0 Å². The molecule has 0 aliphatic carbocycles. The number of sulfonamides is 1. The average Bonchev–Trinajstić information content (AvgIpc) is 2.48. The smallest absolute Gasteiger partial charge is 0.243 e. The Hall–Kier alpha value is -1.91. The topological polar surface area (TPSA) is 90.3 Å². The van der Waals surface area contributed by atoms with E-state index in [9.17, 15) is 13.2 Å². The summed E-state index contributed by atoms with van der Waals surface area (Å²) in [7, 11) is -3.47. The zero-order valence-corrected chi connectivity index (χ0v) is 13.9. The van der Waals surface area contributed by atoms with Crippen molar-refractivity contribution < 1.29 is 13.2 Å². The second-order valence-corrected chi connectivity index (χ2v) is 6.72. The van der Waals surface area contributed by atoms with E-state index in [0.29, 0.717) is 13.1 Å². The molecule has 1 atom stereocenters. The summed E-state index contributed by atoms with van der Waals surface area (Å²) in [5, 5.41) is 11.1. The lowest BCUT2D eigenvalue weighted by Crippen LogP contribution is -2.30. The van der Waals surface area contributed by atoms with Crippen molar-refractivity contribution in [2.24, 2.45) is 0 Å². The van der Waals surface area contributed by atoms with Gasteiger partial charge < -0.3 is 5.32 Å². The number of amides is 1. The minimum absolute atomic E-state index is 0.196. The van der Waals surface area contributed by atoms with Gasteiger partial charge in [0.05, 0.1) is 17.0 Å². The molecule has 0 unspecified atom stereocenters. The fourth-order valence-electron chi connectivity index (χ4n) is 2.09. The number of hydrogen-bond acceptors (Lipinski definition) is 4. The van der Waals surface area contributed by atoms with Crippen molar-refractivity contribution in [2.45, 2.75) is 38.1 Å². The summed E-state index contributed by atoms with van der Waals surface area (Å²) in [5.41, 5.74) is 0.782. The number of carbonyl (C=O) groups excluding carboxylic acids is 1. The second-order valence-electron chi connectivity index (χ2n) is 4.78. The summed E-state index contributed by atoms with van der Waals surface area (Å²) in [5.74, 6) is -0.352. The van der Waals surface area contributed by atoms with Gasteiger partial charge in [0.1, 0.15) is 6.42 Å². The maximum absolute atomic E-state index is 12.4. The lowest BCUT2D eigenvalue weighted by Gasteiger charge is -2.19. The Bertz CT molecular complexity index is 644. The van der Waals surface area contributed by atoms with Crippen LogP contribution in [0.5, 0.6) is 0 Å². The van der Waals surface area contributed by atoms with Crippen LogP contribution < -0.4 is 5.32 Å². The van der Waals surface area contributed by atoms with E-state index in [-0.39, 0.29) is 23.3 Å². The molecule has 6 nitrogen and oxygen atoms in total. The Morgan fingerprint density at radius 3 is 2.27 bits per heavy atom. The lowest BCUT2D eigenvalue weighted by molar-refractivity contribution is -0.120. The molecule has 0 aromatic heterocycles. The van der Waals surface area contributed by atoms with Crippen LogP contribution in [0, 0.1) is 11.3 Å². The summed E-state index contributed by atoms with van der Waals surface area (Å²) in [4.78, 5) is 11.6. The Balaban J connectivity index is 2.91. The third-order valence-corrected chi connectivity index (χ3v) is 5.40. The summed E-state index contributed by atoms with van der Waals surface area (Å²) in [6.07, 6.45) is -0.196. The molecule has 0 saturated carbocycles. The van der Waals surface area contributed by atoms with Gasteiger partial charge >= 0.3 is 0 Å².